The van der Waals surface area contributed by atoms with Crippen molar-refractivity contribution < 1.29 is 24.2 Å². The highest BCUT2D eigenvalue weighted by Gasteiger charge is 2.22. The van der Waals surface area contributed by atoms with E-state index in [1.54, 1.807) is 37.3 Å². The van der Waals surface area contributed by atoms with Gasteiger partial charge in [0, 0.05) is 17.7 Å². The zero-order chi connectivity index (χ0) is 20.0. The fraction of sp³-hybridized carbons (Fsp3) is 0.286. The molecule has 6 heteroatoms. The molecular weight excluding hydrogens is 346 g/mol. The van der Waals surface area contributed by atoms with Gasteiger partial charge in [0.15, 0.2) is 6.10 Å². The summed E-state index contributed by atoms with van der Waals surface area (Å²) in [7, 11) is 0. The number of aryl methyl sites for hydroxylation is 1. The van der Waals surface area contributed by atoms with Crippen molar-refractivity contribution in [2.45, 2.75) is 39.7 Å². The number of anilines is 1. The Morgan fingerprint density at radius 3 is 2.41 bits per heavy atom. The predicted molar refractivity (Wildman–Crippen MR) is 102 cm³/mol. The molecule has 2 N–H and O–H groups in total. The van der Waals surface area contributed by atoms with Crippen LogP contribution < -0.4 is 5.32 Å². The summed E-state index contributed by atoms with van der Waals surface area (Å²) in [5, 5.41) is 12.5. The molecule has 1 atom stereocenters. The Kier molecular flexibility index (Phi) is 6.71. The van der Waals surface area contributed by atoms with E-state index < -0.39 is 12.1 Å². The lowest BCUT2D eigenvalue weighted by atomic mass is 10.1. The van der Waals surface area contributed by atoms with E-state index in [1.165, 1.54) is 19.1 Å². The predicted octanol–water partition coefficient (Wildman–Crippen LogP) is 3.87. The second-order valence-electron chi connectivity index (χ2n) is 6.31. The highest BCUT2D eigenvalue weighted by Crippen LogP contribution is 2.20. The lowest BCUT2D eigenvalue weighted by Gasteiger charge is -2.14. The van der Waals surface area contributed by atoms with Crippen LogP contribution in [0.25, 0.3) is 0 Å². The maximum Gasteiger partial charge on any atom is 0.342 e. The molecule has 27 heavy (non-hydrogen) atoms. The van der Waals surface area contributed by atoms with Crippen LogP contribution in [0.4, 0.5) is 5.69 Å². The molecule has 2 rings (SSSR count). The number of hydrogen-bond acceptors (Lipinski definition) is 5. The standard InChI is InChI=1S/C21H23NO5/c1-4-5-19(24)22-16-9-7-15(8-10-16)20(25)14(3)27-21(26)17-12-13(2)6-11-18(17)23/h6-12,14,23H,4-5H2,1-3H3,(H,22,24)/t14-/m0/s1. The van der Waals surface area contributed by atoms with E-state index in [1.807, 2.05) is 6.92 Å². The van der Waals surface area contributed by atoms with Crippen LogP contribution >= 0.6 is 0 Å². The van der Waals surface area contributed by atoms with Crippen LogP contribution in [0.5, 0.6) is 5.75 Å². The molecule has 0 saturated carbocycles. The van der Waals surface area contributed by atoms with Crippen molar-refractivity contribution in [3.63, 3.8) is 0 Å². The molecule has 0 fully saturated rings. The number of carbonyl (C=O) groups excluding carboxylic acids is 3. The number of nitrogens with one attached hydrogen (secondary N) is 1. The Labute approximate surface area is 158 Å². The van der Waals surface area contributed by atoms with Gasteiger partial charge in [-0.15, -0.1) is 0 Å². The smallest absolute Gasteiger partial charge is 0.342 e. The van der Waals surface area contributed by atoms with E-state index in [0.717, 1.165) is 12.0 Å². The van der Waals surface area contributed by atoms with E-state index in [2.05, 4.69) is 5.32 Å². The molecule has 0 aliphatic carbocycles. The van der Waals surface area contributed by atoms with Gasteiger partial charge in [0.2, 0.25) is 11.7 Å². The van der Waals surface area contributed by atoms with Gasteiger partial charge in [-0.3, -0.25) is 9.59 Å². The number of Topliss-reactive ketones (excluding diaryl/α,β-unsaturated/α-hetero) is 1. The van der Waals surface area contributed by atoms with Gasteiger partial charge >= 0.3 is 5.97 Å². The minimum absolute atomic E-state index is 0.0173. The minimum atomic E-state index is -1.02. The van der Waals surface area contributed by atoms with E-state index in [4.69, 9.17) is 4.74 Å². The molecule has 0 spiro atoms. The number of aromatic hydroxyl groups is 1. The molecule has 0 saturated heterocycles. The fourth-order valence-corrected chi connectivity index (χ4v) is 2.49. The van der Waals surface area contributed by atoms with Crippen molar-refractivity contribution in [2.75, 3.05) is 5.32 Å². The first-order valence-electron chi connectivity index (χ1n) is 8.76. The molecule has 0 aliphatic rings. The number of phenolic OH excluding ortho intramolecular Hbond substituents is 1. The zero-order valence-corrected chi connectivity index (χ0v) is 15.6. The van der Waals surface area contributed by atoms with Crippen LogP contribution in [-0.4, -0.2) is 28.9 Å². The molecule has 2 aromatic carbocycles. The third-order valence-corrected chi connectivity index (χ3v) is 3.96. The van der Waals surface area contributed by atoms with Crippen molar-refractivity contribution in [2.24, 2.45) is 0 Å². The molecule has 2 aromatic rings. The van der Waals surface area contributed by atoms with E-state index in [9.17, 15) is 19.5 Å². The maximum atomic E-state index is 12.5. The lowest BCUT2D eigenvalue weighted by molar-refractivity contribution is -0.116. The number of rotatable bonds is 7. The van der Waals surface area contributed by atoms with Crippen molar-refractivity contribution in [1.82, 2.24) is 0 Å². The maximum absolute atomic E-state index is 12.5. The monoisotopic (exact) mass is 369 g/mol. The van der Waals surface area contributed by atoms with Crippen LogP contribution in [-0.2, 0) is 9.53 Å². The lowest BCUT2D eigenvalue weighted by Crippen LogP contribution is -2.24. The van der Waals surface area contributed by atoms with Crippen LogP contribution in [0.2, 0.25) is 0 Å². The Morgan fingerprint density at radius 2 is 1.78 bits per heavy atom. The van der Waals surface area contributed by atoms with Gasteiger partial charge in [-0.1, -0.05) is 18.6 Å². The normalized spacial score (nSPS) is 11.5. The van der Waals surface area contributed by atoms with Gasteiger partial charge in [0.25, 0.3) is 0 Å². The number of amides is 1. The molecule has 0 unspecified atom stereocenters. The molecule has 0 aliphatic heterocycles. The van der Waals surface area contributed by atoms with Crippen LogP contribution in [0, 0.1) is 6.92 Å². The molecular formula is C21H23NO5. The minimum Gasteiger partial charge on any atom is -0.507 e. The van der Waals surface area contributed by atoms with Gasteiger partial charge in [-0.25, -0.2) is 4.79 Å². The summed E-state index contributed by atoms with van der Waals surface area (Å²) in [5.74, 6) is -1.42. The summed E-state index contributed by atoms with van der Waals surface area (Å²) in [6.07, 6.45) is 0.166. The van der Waals surface area contributed by atoms with E-state index >= 15 is 0 Å². The zero-order valence-electron chi connectivity index (χ0n) is 15.6. The van der Waals surface area contributed by atoms with Crippen LogP contribution in [0.15, 0.2) is 42.5 Å². The van der Waals surface area contributed by atoms with Gasteiger partial charge in [-0.05, 0) is 56.7 Å². The van der Waals surface area contributed by atoms with Gasteiger partial charge in [0.05, 0.1) is 0 Å². The Morgan fingerprint density at radius 1 is 1.11 bits per heavy atom. The summed E-state index contributed by atoms with van der Waals surface area (Å²) in [4.78, 5) is 36.3. The summed E-state index contributed by atoms with van der Waals surface area (Å²) in [5.41, 5.74) is 1.76. The first-order valence-corrected chi connectivity index (χ1v) is 8.76. The number of esters is 1. The summed E-state index contributed by atoms with van der Waals surface area (Å²) in [6, 6.07) is 11.0. The first-order chi connectivity index (χ1) is 12.8. The highest BCUT2D eigenvalue weighted by atomic mass is 16.5. The van der Waals surface area contributed by atoms with Crippen LogP contribution in [0.3, 0.4) is 0 Å². The third-order valence-electron chi connectivity index (χ3n) is 3.96. The molecule has 0 aromatic heterocycles. The largest absolute Gasteiger partial charge is 0.507 e. The highest BCUT2D eigenvalue weighted by molar-refractivity contribution is 6.02. The van der Waals surface area contributed by atoms with Crippen molar-refractivity contribution in [3.8, 4) is 5.75 Å². The second-order valence-corrected chi connectivity index (χ2v) is 6.31. The van der Waals surface area contributed by atoms with E-state index in [0.29, 0.717) is 17.7 Å². The van der Waals surface area contributed by atoms with Gasteiger partial charge in [0.1, 0.15) is 11.3 Å². The number of ketones is 1. The first kappa shape index (κ1) is 20.2. The van der Waals surface area contributed by atoms with Gasteiger partial charge in [-0.2, -0.15) is 0 Å². The fourth-order valence-electron chi connectivity index (χ4n) is 2.49. The van der Waals surface area contributed by atoms with E-state index in [-0.39, 0.29) is 23.0 Å². The molecule has 142 valence electrons. The Bertz CT molecular complexity index is 842. The summed E-state index contributed by atoms with van der Waals surface area (Å²) >= 11 is 0. The third kappa shape index (κ3) is 5.41. The molecule has 0 heterocycles. The number of hydrogen-bond donors (Lipinski definition) is 2. The number of phenols is 1. The molecule has 0 radical (unpaired) electrons. The van der Waals surface area contributed by atoms with Crippen LogP contribution in [0.1, 0.15) is 53.0 Å². The van der Waals surface area contributed by atoms with Crippen molar-refractivity contribution in [1.29, 1.82) is 0 Å². The molecule has 6 nitrogen and oxygen atoms in total. The number of ether oxygens (including phenoxy) is 1. The average Bonchev–Trinajstić information content (AvgIpc) is 2.63. The number of carbonyl (C=O) groups is 3. The van der Waals surface area contributed by atoms with Gasteiger partial charge < -0.3 is 15.2 Å². The second kappa shape index (κ2) is 8.98. The van der Waals surface area contributed by atoms with Crippen molar-refractivity contribution in [3.05, 3.63) is 59.2 Å². The molecule has 1 amide bonds. The molecule has 0 bridgehead atoms. The van der Waals surface area contributed by atoms with Crippen molar-refractivity contribution >= 4 is 23.3 Å². The quantitative estimate of drug-likeness (QED) is 0.571. The SMILES string of the molecule is CCCC(=O)Nc1ccc(C(=O)[C@H](C)OC(=O)c2cc(C)ccc2O)cc1. The Hall–Kier alpha value is -3.15. The topological polar surface area (TPSA) is 92.7 Å². The average molecular weight is 369 g/mol. The summed E-state index contributed by atoms with van der Waals surface area (Å²) in [6.45, 7) is 5.18. The Balaban J connectivity index is 2.03. The number of benzene rings is 2. The summed E-state index contributed by atoms with van der Waals surface area (Å²) < 4.78 is 5.20.